The van der Waals surface area contributed by atoms with E-state index in [0.717, 1.165) is 16.9 Å². The second kappa shape index (κ2) is 8.18. The van der Waals surface area contributed by atoms with Crippen molar-refractivity contribution in [1.82, 2.24) is 0 Å². The maximum absolute atomic E-state index is 12.5. The van der Waals surface area contributed by atoms with Gasteiger partial charge >= 0.3 is 0 Å². The number of anilines is 1. The second-order valence-electron chi connectivity index (χ2n) is 6.12. The van der Waals surface area contributed by atoms with Gasteiger partial charge in [-0.05, 0) is 49.7 Å². The first-order chi connectivity index (χ1) is 13.0. The Morgan fingerprint density at radius 2 is 1.85 bits per heavy atom. The number of methoxy groups -OCH3 is 1. The number of nitrogens with one attached hydrogen (secondary N) is 1. The van der Waals surface area contributed by atoms with Gasteiger partial charge in [0.1, 0.15) is 23.9 Å². The number of hydrogen-bond donors (Lipinski definition) is 1. The molecule has 0 aliphatic carbocycles. The standard InChI is InChI=1S/C21H20ClNO4/c1-13-4-6-15(7-5-13)26-12-16-8-9-19(27-16)21(24)23-18-10-14(2)17(22)11-20(18)25-3/h4-11H,12H2,1-3H3,(H,23,24). The maximum atomic E-state index is 12.5. The Morgan fingerprint density at radius 3 is 2.56 bits per heavy atom. The van der Waals surface area contributed by atoms with E-state index in [9.17, 15) is 4.79 Å². The molecule has 0 fully saturated rings. The zero-order chi connectivity index (χ0) is 19.4. The Hall–Kier alpha value is -2.92. The molecule has 0 aliphatic rings. The van der Waals surface area contributed by atoms with Gasteiger partial charge in [0.2, 0.25) is 0 Å². The van der Waals surface area contributed by atoms with Crippen LogP contribution in [0, 0.1) is 13.8 Å². The van der Waals surface area contributed by atoms with Crippen LogP contribution >= 0.6 is 11.6 Å². The molecule has 6 heteroatoms. The molecule has 0 unspecified atom stereocenters. The lowest BCUT2D eigenvalue weighted by Gasteiger charge is -2.11. The van der Waals surface area contributed by atoms with Gasteiger partial charge in [-0.2, -0.15) is 0 Å². The molecule has 3 rings (SSSR count). The van der Waals surface area contributed by atoms with E-state index in [4.69, 9.17) is 25.5 Å². The van der Waals surface area contributed by atoms with E-state index < -0.39 is 0 Å². The van der Waals surface area contributed by atoms with Crippen molar-refractivity contribution in [2.45, 2.75) is 20.5 Å². The van der Waals surface area contributed by atoms with E-state index in [1.165, 1.54) is 7.11 Å². The van der Waals surface area contributed by atoms with Crippen LogP contribution < -0.4 is 14.8 Å². The molecule has 0 saturated carbocycles. The van der Waals surface area contributed by atoms with Crippen molar-refractivity contribution in [3.05, 3.63) is 76.2 Å². The maximum Gasteiger partial charge on any atom is 0.291 e. The van der Waals surface area contributed by atoms with Crippen molar-refractivity contribution in [2.24, 2.45) is 0 Å². The highest BCUT2D eigenvalue weighted by Gasteiger charge is 2.15. The van der Waals surface area contributed by atoms with Gasteiger partial charge in [0.05, 0.1) is 12.8 Å². The zero-order valence-corrected chi connectivity index (χ0v) is 16.1. The van der Waals surface area contributed by atoms with Gasteiger partial charge in [-0.15, -0.1) is 0 Å². The summed E-state index contributed by atoms with van der Waals surface area (Å²) in [4.78, 5) is 12.5. The van der Waals surface area contributed by atoms with Crippen LogP contribution in [-0.4, -0.2) is 13.0 Å². The smallest absolute Gasteiger partial charge is 0.291 e. The first kappa shape index (κ1) is 18.9. The van der Waals surface area contributed by atoms with Crippen molar-refractivity contribution >= 4 is 23.2 Å². The van der Waals surface area contributed by atoms with Gasteiger partial charge < -0.3 is 19.2 Å². The lowest BCUT2D eigenvalue weighted by Crippen LogP contribution is -2.12. The number of rotatable bonds is 6. The van der Waals surface area contributed by atoms with Gasteiger partial charge in [-0.3, -0.25) is 4.79 Å². The Labute approximate surface area is 162 Å². The van der Waals surface area contributed by atoms with Crippen molar-refractivity contribution in [2.75, 3.05) is 12.4 Å². The largest absolute Gasteiger partial charge is 0.495 e. The van der Waals surface area contributed by atoms with Gasteiger partial charge in [0, 0.05) is 11.1 Å². The topological polar surface area (TPSA) is 60.7 Å². The fourth-order valence-corrected chi connectivity index (χ4v) is 2.63. The van der Waals surface area contributed by atoms with Crippen molar-refractivity contribution in [1.29, 1.82) is 0 Å². The highest BCUT2D eigenvalue weighted by molar-refractivity contribution is 6.31. The van der Waals surface area contributed by atoms with Crippen molar-refractivity contribution in [3.8, 4) is 11.5 Å². The summed E-state index contributed by atoms with van der Waals surface area (Å²) in [6.45, 7) is 4.10. The Bertz CT molecular complexity index is 947. The Balaban J connectivity index is 1.66. The molecule has 0 radical (unpaired) electrons. The molecular formula is C21H20ClNO4. The fraction of sp³-hybridized carbons (Fsp3) is 0.190. The third kappa shape index (κ3) is 4.63. The summed E-state index contributed by atoms with van der Waals surface area (Å²) in [7, 11) is 1.52. The van der Waals surface area contributed by atoms with Crippen LogP contribution in [0.15, 0.2) is 52.9 Å². The van der Waals surface area contributed by atoms with Gasteiger partial charge in [-0.25, -0.2) is 0 Å². The fourth-order valence-electron chi connectivity index (χ4n) is 2.48. The summed E-state index contributed by atoms with van der Waals surface area (Å²) in [5.41, 5.74) is 2.52. The Kier molecular flexibility index (Phi) is 5.72. The summed E-state index contributed by atoms with van der Waals surface area (Å²) >= 11 is 6.09. The number of hydrogen-bond acceptors (Lipinski definition) is 4. The minimum Gasteiger partial charge on any atom is -0.495 e. The van der Waals surface area contributed by atoms with E-state index in [1.54, 1.807) is 24.3 Å². The SMILES string of the molecule is COc1cc(Cl)c(C)cc1NC(=O)c1ccc(COc2ccc(C)cc2)o1. The molecule has 1 N–H and O–H groups in total. The monoisotopic (exact) mass is 385 g/mol. The number of ether oxygens (including phenoxy) is 2. The predicted octanol–water partition coefficient (Wildman–Crippen LogP) is 5.39. The lowest BCUT2D eigenvalue weighted by molar-refractivity contribution is 0.0992. The molecule has 140 valence electrons. The van der Waals surface area contributed by atoms with Crippen LogP contribution in [0.1, 0.15) is 27.4 Å². The first-order valence-electron chi connectivity index (χ1n) is 8.40. The van der Waals surface area contributed by atoms with Gasteiger partial charge in [0.25, 0.3) is 5.91 Å². The molecule has 27 heavy (non-hydrogen) atoms. The summed E-state index contributed by atoms with van der Waals surface area (Å²) in [5, 5.41) is 3.35. The quantitative estimate of drug-likeness (QED) is 0.618. The van der Waals surface area contributed by atoms with E-state index in [1.807, 2.05) is 38.1 Å². The Morgan fingerprint density at radius 1 is 1.11 bits per heavy atom. The average molecular weight is 386 g/mol. The number of furan rings is 1. The van der Waals surface area contributed by atoms with E-state index in [0.29, 0.717) is 22.2 Å². The molecule has 0 saturated heterocycles. The first-order valence-corrected chi connectivity index (χ1v) is 8.77. The number of carbonyl (C=O) groups excluding carboxylic acids is 1. The number of carbonyl (C=O) groups is 1. The highest BCUT2D eigenvalue weighted by atomic mass is 35.5. The molecule has 3 aromatic rings. The summed E-state index contributed by atoms with van der Waals surface area (Å²) in [6, 6.07) is 14.5. The molecule has 1 aromatic heterocycles. The molecule has 0 atom stereocenters. The van der Waals surface area contributed by atoms with E-state index >= 15 is 0 Å². The predicted molar refractivity (Wildman–Crippen MR) is 105 cm³/mol. The van der Waals surface area contributed by atoms with Crippen LogP contribution in [-0.2, 0) is 6.61 Å². The minimum absolute atomic E-state index is 0.187. The zero-order valence-electron chi connectivity index (χ0n) is 15.3. The van der Waals surface area contributed by atoms with Crippen LogP contribution in [0.4, 0.5) is 5.69 Å². The summed E-state index contributed by atoms with van der Waals surface area (Å²) in [6.07, 6.45) is 0. The normalized spacial score (nSPS) is 10.5. The molecule has 0 aliphatic heterocycles. The van der Waals surface area contributed by atoms with Crippen molar-refractivity contribution in [3.63, 3.8) is 0 Å². The molecule has 1 heterocycles. The molecular weight excluding hydrogens is 366 g/mol. The van der Waals surface area contributed by atoms with Crippen LogP contribution in [0.5, 0.6) is 11.5 Å². The van der Waals surface area contributed by atoms with Crippen molar-refractivity contribution < 1.29 is 18.7 Å². The summed E-state index contributed by atoms with van der Waals surface area (Å²) in [5.74, 6) is 1.58. The van der Waals surface area contributed by atoms with Crippen LogP contribution in [0.3, 0.4) is 0 Å². The number of aryl methyl sites for hydroxylation is 2. The third-order valence-corrected chi connectivity index (χ3v) is 4.42. The van der Waals surface area contributed by atoms with E-state index in [2.05, 4.69) is 5.32 Å². The molecule has 2 aromatic carbocycles. The van der Waals surface area contributed by atoms with Gasteiger partial charge in [0.15, 0.2) is 5.76 Å². The van der Waals surface area contributed by atoms with E-state index in [-0.39, 0.29) is 18.3 Å². The third-order valence-electron chi connectivity index (χ3n) is 4.02. The number of amides is 1. The molecule has 1 amide bonds. The van der Waals surface area contributed by atoms with Crippen LogP contribution in [0.25, 0.3) is 0 Å². The number of benzene rings is 2. The average Bonchev–Trinajstić information content (AvgIpc) is 3.13. The summed E-state index contributed by atoms with van der Waals surface area (Å²) < 4.78 is 16.5. The van der Waals surface area contributed by atoms with Gasteiger partial charge in [-0.1, -0.05) is 29.3 Å². The molecule has 0 spiro atoms. The highest BCUT2D eigenvalue weighted by Crippen LogP contribution is 2.31. The van der Waals surface area contributed by atoms with Crippen LogP contribution in [0.2, 0.25) is 5.02 Å². The molecule has 0 bridgehead atoms. The minimum atomic E-state index is -0.378. The second-order valence-corrected chi connectivity index (χ2v) is 6.53. The number of halogens is 1. The molecule has 5 nitrogen and oxygen atoms in total. The lowest BCUT2D eigenvalue weighted by atomic mass is 10.2.